The minimum atomic E-state index is 0.407. The molecule has 0 spiro atoms. The van der Waals surface area contributed by atoms with Gasteiger partial charge >= 0.3 is 0 Å². The molecule has 0 saturated carbocycles. The first-order valence-electron chi connectivity index (χ1n) is 7.15. The van der Waals surface area contributed by atoms with E-state index in [1.54, 1.807) is 0 Å². The Morgan fingerprint density at radius 3 is 2.70 bits per heavy atom. The molecule has 0 radical (unpaired) electrons. The van der Waals surface area contributed by atoms with Gasteiger partial charge in [0.1, 0.15) is 0 Å². The van der Waals surface area contributed by atoms with Crippen LogP contribution in [0.2, 0.25) is 0 Å². The molecule has 0 saturated heterocycles. The first kappa shape index (κ1) is 11.7. The van der Waals surface area contributed by atoms with Gasteiger partial charge in [-0.2, -0.15) is 0 Å². The summed E-state index contributed by atoms with van der Waals surface area (Å²) in [5.74, 6) is 0. The number of benzene rings is 2. The van der Waals surface area contributed by atoms with Gasteiger partial charge in [0, 0.05) is 24.8 Å². The molecule has 3 aromatic rings. The highest BCUT2D eigenvalue weighted by Crippen LogP contribution is 2.31. The van der Waals surface area contributed by atoms with E-state index in [0.717, 1.165) is 13.1 Å². The van der Waals surface area contributed by atoms with Gasteiger partial charge in [0.25, 0.3) is 0 Å². The fourth-order valence-electron chi connectivity index (χ4n) is 3.37. The van der Waals surface area contributed by atoms with Crippen molar-refractivity contribution in [3.63, 3.8) is 0 Å². The number of hydrogen-bond acceptors (Lipinski definition) is 1. The third-order valence-corrected chi connectivity index (χ3v) is 4.30. The van der Waals surface area contributed by atoms with E-state index in [4.69, 9.17) is 0 Å². The summed E-state index contributed by atoms with van der Waals surface area (Å²) in [6, 6.07) is 20.1. The van der Waals surface area contributed by atoms with Crippen molar-refractivity contribution >= 4 is 10.9 Å². The SMILES string of the molecule is CN1Cc2ccccc2C(n2ccc3ccccc32)C1. The molecule has 4 rings (SSSR count). The fraction of sp³-hybridized carbons (Fsp3) is 0.222. The van der Waals surface area contributed by atoms with E-state index in [2.05, 4.69) is 77.3 Å². The van der Waals surface area contributed by atoms with Gasteiger partial charge in [-0.15, -0.1) is 0 Å². The van der Waals surface area contributed by atoms with Crippen molar-refractivity contribution in [1.29, 1.82) is 0 Å². The van der Waals surface area contributed by atoms with E-state index in [0.29, 0.717) is 6.04 Å². The van der Waals surface area contributed by atoms with Crippen molar-refractivity contribution in [3.05, 3.63) is 71.9 Å². The molecule has 1 aliphatic heterocycles. The quantitative estimate of drug-likeness (QED) is 0.649. The molecule has 1 aromatic heterocycles. The maximum atomic E-state index is 2.42. The lowest BCUT2D eigenvalue weighted by Gasteiger charge is -2.33. The molecule has 1 unspecified atom stereocenters. The van der Waals surface area contributed by atoms with Gasteiger partial charge in [0.05, 0.1) is 6.04 Å². The molecule has 2 heterocycles. The monoisotopic (exact) mass is 262 g/mol. The number of nitrogens with zero attached hydrogens (tertiary/aromatic N) is 2. The predicted molar refractivity (Wildman–Crippen MR) is 82.9 cm³/mol. The molecule has 2 heteroatoms. The van der Waals surface area contributed by atoms with Crippen LogP contribution in [-0.4, -0.2) is 23.1 Å². The van der Waals surface area contributed by atoms with Crippen LogP contribution in [0.1, 0.15) is 17.2 Å². The largest absolute Gasteiger partial charge is 0.339 e. The van der Waals surface area contributed by atoms with Crippen LogP contribution in [0.15, 0.2) is 60.8 Å². The predicted octanol–water partition coefficient (Wildman–Crippen LogP) is 3.68. The summed E-state index contributed by atoms with van der Waals surface area (Å²) >= 11 is 0. The second-order valence-corrected chi connectivity index (χ2v) is 5.69. The lowest BCUT2D eigenvalue weighted by atomic mass is 9.95. The van der Waals surface area contributed by atoms with Gasteiger partial charge in [-0.3, -0.25) is 4.90 Å². The number of fused-ring (bicyclic) bond motifs is 2. The minimum Gasteiger partial charge on any atom is -0.339 e. The van der Waals surface area contributed by atoms with Gasteiger partial charge in [-0.25, -0.2) is 0 Å². The standard InChI is InChI=1S/C18H18N2/c1-19-12-15-7-2-4-8-16(15)18(13-19)20-11-10-14-6-3-5-9-17(14)20/h2-11,18H,12-13H2,1H3. The summed E-state index contributed by atoms with van der Waals surface area (Å²) in [6.07, 6.45) is 2.23. The first-order valence-corrected chi connectivity index (χ1v) is 7.15. The second kappa shape index (κ2) is 4.50. The summed E-state index contributed by atoms with van der Waals surface area (Å²) in [4.78, 5) is 2.40. The van der Waals surface area contributed by atoms with E-state index in [-0.39, 0.29) is 0 Å². The van der Waals surface area contributed by atoms with E-state index < -0.39 is 0 Å². The Labute approximate surface area is 119 Å². The molecule has 1 atom stereocenters. The number of aromatic nitrogens is 1. The summed E-state index contributed by atoms with van der Waals surface area (Å²) in [6.45, 7) is 2.11. The van der Waals surface area contributed by atoms with E-state index in [1.807, 2.05) is 0 Å². The minimum absolute atomic E-state index is 0.407. The van der Waals surface area contributed by atoms with Crippen molar-refractivity contribution in [3.8, 4) is 0 Å². The molecule has 2 nitrogen and oxygen atoms in total. The Balaban J connectivity index is 1.90. The zero-order valence-electron chi connectivity index (χ0n) is 11.7. The molecule has 1 aliphatic rings. The third kappa shape index (κ3) is 1.76. The van der Waals surface area contributed by atoms with Crippen LogP contribution in [0.5, 0.6) is 0 Å². The fourth-order valence-corrected chi connectivity index (χ4v) is 3.37. The topological polar surface area (TPSA) is 8.17 Å². The van der Waals surface area contributed by atoms with Crippen LogP contribution in [-0.2, 0) is 6.54 Å². The Bertz CT molecular complexity index is 757. The molecule has 0 aliphatic carbocycles. The van der Waals surface area contributed by atoms with Gasteiger partial charge in [0.15, 0.2) is 0 Å². The lowest BCUT2D eigenvalue weighted by molar-refractivity contribution is 0.267. The highest BCUT2D eigenvalue weighted by molar-refractivity contribution is 5.80. The van der Waals surface area contributed by atoms with Crippen LogP contribution in [0.4, 0.5) is 0 Å². The smallest absolute Gasteiger partial charge is 0.0716 e. The summed E-state index contributed by atoms with van der Waals surface area (Å²) < 4.78 is 2.42. The molecule has 2 aromatic carbocycles. The Morgan fingerprint density at radius 2 is 1.75 bits per heavy atom. The highest BCUT2D eigenvalue weighted by atomic mass is 15.2. The first-order chi connectivity index (χ1) is 9.83. The lowest BCUT2D eigenvalue weighted by Crippen LogP contribution is -2.33. The van der Waals surface area contributed by atoms with Crippen LogP contribution < -0.4 is 0 Å². The second-order valence-electron chi connectivity index (χ2n) is 5.69. The number of para-hydroxylation sites is 1. The van der Waals surface area contributed by atoms with Crippen molar-refractivity contribution in [2.45, 2.75) is 12.6 Å². The average Bonchev–Trinajstić information content (AvgIpc) is 2.90. The molecule has 20 heavy (non-hydrogen) atoms. The van der Waals surface area contributed by atoms with Crippen LogP contribution in [0.3, 0.4) is 0 Å². The van der Waals surface area contributed by atoms with E-state index in [9.17, 15) is 0 Å². The van der Waals surface area contributed by atoms with Crippen molar-refractivity contribution in [2.24, 2.45) is 0 Å². The van der Waals surface area contributed by atoms with Crippen molar-refractivity contribution < 1.29 is 0 Å². The van der Waals surface area contributed by atoms with Gasteiger partial charge in [-0.1, -0.05) is 42.5 Å². The average molecular weight is 262 g/mol. The Morgan fingerprint density at radius 1 is 0.950 bits per heavy atom. The number of likely N-dealkylation sites (N-methyl/N-ethyl adjacent to an activating group) is 1. The summed E-state index contributed by atoms with van der Waals surface area (Å²) in [7, 11) is 2.20. The van der Waals surface area contributed by atoms with Crippen LogP contribution in [0.25, 0.3) is 10.9 Å². The normalized spacial score (nSPS) is 19.1. The Kier molecular flexibility index (Phi) is 2.64. The van der Waals surface area contributed by atoms with Crippen LogP contribution >= 0.6 is 0 Å². The van der Waals surface area contributed by atoms with Crippen molar-refractivity contribution in [2.75, 3.05) is 13.6 Å². The van der Waals surface area contributed by atoms with Crippen LogP contribution in [0, 0.1) is 0 Å². The van der Waals surface area contributed by atoms with Gasteiger partial charge < -0.3 is 4.57 Å². The molecule has 100 valence electrons. The molecule has 0 fully saturated rings. The zero-order chi connectivity index (χ0) is 13.5. The number of hydrogen-bond donors (Lipinski definition) is 0. The zero-order valence-corrected chi connectivity index (χ0v) is 11.7. The third-order valence-electron chi connectivity index (χ3n) is 4.30. The summed E-state index contributed by atoms with van der Waals surface area (Å²) in [5.41, 5.74) is 4.23. The molecular weight excluding hydrogens is 244 g/mol. The summed E-state index contributed by atoms with van der Waals surface area (Å²) in [5, 5.41) is 1.32. The van der Waals surface area contributed by atoms with E-state index in [1.165, 1.54) is 22.0 Å². The maximum absolute atomic E-state index is 2.42. The Hall–Kier alpha value is -2.06. The maximum Gasteiger partial charge on any atom is 0.0716 e. The highest BCUT2D eigenvalue weighted by Gasteiger charge is 2.24. The molecule has 0 N–H and O–H groups in total. The van der Waals surface area contributed by atoms with Gasteiger partial charge in [0.2, 0.25) is 0 Å². The molecule has 0 bridgehead atoms. The van der Waals surface area contributed by atoms with E-state index >= 15 is 0 Å². The van der Waals surface area contributed by atoms with Crippen molar-refractivity contribution in [1.82, 2.24) is 9.47 Å². The molecule has 0 amide bonds. The van der Waals surface area contributed by atoms with Gasteiger partial charge in [-0.05, 0) is 35.7 Å². The molecular formula is C18H18N2. The number of rotatable bonds is 1.